The van der Waals surface area contributed by atoms with Gasteiger partial charge in [0.25, 0.3) is 0 Å². The lowest BCUT2D eigenvalue weighted by Gasteiger charge is -2.27. The molecule has 58 heavy (non-hydrogen) atoms. The van der Waals surface area contributed by atoms with E-state index in [1.165, 1.54) is 0 Å². The van der Waals surface area contributed by atoms with E-state index in [-0.39, 0.29) is 33.8 Å². The van der Waals surface area contributed by atoms with Crippen LogP contribution >= 0.6 is 0 Å². The summed E-state index contributed by atoms with van der Waals surface area (Å²) in [4.78, 5) is 30.2. The molecule has 0 spiro atoms. The largest absolute Gasteiger partial charge is 0.490 e. The maximum atomic E-state index is 15.1. The second-order valence-corrected chi connectivity index (χ2v) is 16.0. The van der Waals surface area contributed by atoms with Crippen molar-refractivity contribution < 1.29 is 38.0 Å². The topological polar surface area (TPSA) is 89.5 Å². The van der Waals surface area contributed by atoms with Gasteiger partial charge < -0.3 is 28.4 Å². The highest BCUT2D eigenvalue weighted by Crippen LogP contribution is 2.51. The summed E-state index contributed by atoms with van der Waals surface area (Å²) in [6.45, 7) is 15.8. The highest BCUT2D eigenvalue weighted by atomic mass is 16.5. The summed E-state index contributed by atoms with van der Waals surface area (Å²) in [6.07, 6.45) is 24.7. The Bertz CT molecular complexity index is 1360. The maximum Gasteiger partial charge on any atom is 0.204 e. The Morgan fingerprint density at radius 2 is 0.552 bits per heavy atom. The number of benzene rings is 2. The number of hydrogen-bond donors (Lipinski definition) is 0. The van der Waals surface area contributed by atoms with E-state index in [4.69, 9.17) is 28.4 Å². The molecular weight excluding hydrogens is 729 g/mol. The SMILES string of the molecule is CCCCCCOc1cc2c(c(OCCCCCC)c1OCCCCCC)C(=O)c1cc(OCCCCCC)c(OCCCCCC)c(OCCCCCC)c1C2=O. The van der Waals surface area contributed by atoms with E-state index in [1.54, 1.807) is 12.1 Å². The second kappa shape index (κ2) is 29.7. The molecule has 0 atom stereocenters. The average molecular weight is 809 g/mol. The van der Waals surface area contributed by atoms with Gasteiger partial charge in [-0.1, -0.05) is 157 Å². The molecular formula is C50H80O8. The van der Waals surface area contributed by atoms with Gasteiger partial charge in [-0.15, -0.1) is 0 Å². The number of ketones is 2. The molecule has 0 amide bonds. The molecule has 0 bridgehead atoms. The molecule has 8 nitrogen and oxygen atoms in total. The number of carbonyl (C=O) groups excluding carboxylic acids is 2. The van der Waals surface area contributed by atoms with Gasteiger partial charge in [-0.2, -0.15) is 0 Å². The first kappa shape index (κ1) is 48.9. The molecule has 0 N–H and O–H groups in total. The predicted molar refractivity (Wildman–Crippen MR) is 238 cm³/mol. The van der Waals surface area contributed by atoms with Crippen LogP contribution in [0, 0.1) is 0 Å². The summed E-state index contributed by atoms with van der Waals surface area (Å²) in [5, 5.41) is 0. The van der Waals surface area contributed by atoms with E-state index in [0.29, 0.717) is 74.1 Å². The van der Waals surface area contributed by atoms with E-state index in [0.717, 1.165) is 154 Å². The van der Waals surface area contributed by atoms with Crippen molar-refractivity contribution in [2.75, 3.05) is 39.6 Å². The summed E-state index contributed by atoms with van der Waals surface area (Å²) in [6, 6.07) is 3.44. The molecule has 2 aromatic rings. The summed E-state index contributed by atoms with van der Waals surface area (Å²) in [5.41, 5.74) is 0.957. The van der Waals surface area contributed by atoms with Crippen molar-refractivity contribution in [2.45, 2.75) is 196 Å². The Morgan fingerprint density at radius 1 is 0.310 bits per heavy atom. The highest BCUT2D eigenvalue weighted by Gasteiger charge is 2.40. The third kappa shape index (κ3) is 15.6. The number of unbranched alkanes of at least 4 members (excludes halogenated alkanes) is 18. The fourth-order valence-corrected chi connectivity index (χ4v) is 7.31. The average Bonchev–Trinajstić information content (AvgIpc) is 3.22. The van der Waals surface area contributed by atoms with Gasteiger partial charge in [0.2, 0.25) is 11.5 Å². The fourth-order valence-electron chi connectivity index (χ4n) is 7.31. The Hall–Kier alpha value is -3.42. The zero-order valence-electron chi connectivity index (χ0n) is 37.6. The molecule has 8 heteroatoms. The normalized spacial score (nSPS) is 12.0. The first-order valence-electron chi connectivity index (χ1n) is 23.8. The van der Waals surface area contributed by atoms with Crippen LogP contribution < -0.4 is 28.4 Å². The van der Waals surface area contributed by atoms with Crippen molar-refractivity contribution in [2.24, 2.45) is 0 Å². The van der Waals surface area contributed by atoms with Crippen LogP contribution in [0.4, 0.5) is 0 Å². The smallest absolute Gasteiger partial charge is 0.204 e. The van der Waals surface area contributed by atoms with Crippen LogP contribution in [0.5, 0.6) is 34.5 Å². The molecule has 3 rings (SSSR count). The van der Waals surface area contributed by atoms with E-state index in [1.807, 2.05) is 0 Å². The molecule has 0 aliphatic heterocycles. The van der Waals surface area contributed by atoms with Crippen LogP contribution in [0.25, 0.3) is 0 Å². The molecule has 1 aliphatic carbocycles. The summed E-state index contributed by atoms with van der Waals surface area (Å²) in [7, 11) is 0. The third-order valence-corrected chi connectivity index (χ3v) is 10.8. The van der Waals surface area contributed by atoms with Crippen LogP contribution in [-0.2, 0) is 0 Å². The Labute approximate surface area is 352 Å². The van der Waals surface area contributed by atoms with Crippen molar-refractivity contribution in [1.29, 1.82) is 0 Å². The second-order valence-electron chi connectivity index (χ2n) is 16.0. The molecule has 0 heterocycles. The molecule has 0 unspecified atom stereocenters. The van der Waals surface area contributed by atoms with Crippen LogP contribution in [0.1, 0.15) is 227 Å². The van der Waals surface area contributed by atoms with Gasteiger partial charge in [0, 0.05) is 11.1 Å². The Kier molecular flexibility index (Phi) is 25.1. The van der Waals surface area contributed by atoms with Gasteiger partial charge in [-0.3, -0.25) is 9.59 Å². The van der Waals surface area contributed by atoms with Crippen LogP contribution in [0.15, 0.2) is 12.1 Å². The van der Waals surface area contributed by atoms with Crippen molar-refractivity contribution in [3.8, 4) is 34.5 Å². The minimum Gasteiger partial charge on any atom is -0.490 e. The maximum absolute atomic E-state index is 15.1. The van der Waals surface area contributed by atoms with Gasteiger partial charge in [0.1, 0.15) is 0 Å². The molecule has 2 aromatic carbocycles. The fraction of sp³-hybridized carbons (Fsp3) is 0.720. The lowest BCUT2D eigenvalue weighted by Crippen LogP contribution is -2.25. The standard InChI is InChI=1S/C50H80O8/c1-7-13-19-25-31-53-41-37-39-43(49(57-35-29-23-17-11-5)47(41)55-33-27-21-15-9-3)46(52)40-38-42(54-32-26-20-14-8-2)48(56-34-28-22-16-10-4)50(44(40)45(39)51)58-36-30-24-18-12-6/h37-38H,7-36H2,1-6H3. The van der Waals surface area contributed by atoms with Gasteiger partial charge >= 0.3 is 0 Å². The van der Waals surface area contributed by atoms with Crippen molar-refractivity contribution in [3.05, 3.63) is 34.4 Å². The van der Waals surface area contributed by atoms with E-state index in [9.17, 15) is 0 Å². The monoisotopic (exact) mass is 809 g/mol. The number of carbonyl (C=O) groups is 2. The molecule has 0 aromatic heterocycles. The lowest BCUT2D eigenvalue weighted by atomic mass is 9.82. The summed E-state index contributed by atoms with van der Waals surface area (Å²) in [5.74, 6) is 1.71. The van der Waals surface area contributed by atoms with E-state index in [2.05, 4.69) is 41.5 Å². The number of fused-ring (bicyclic) bond motifs is 2. The van der Waals surface area contributed by atoms with Crippen LogP contribution in [0.3, 0.4) is 0 Å². The lowest BCUT2D eigenvalue weighted by molar-refractivity contribution is 0.0968. The number of rotatable bonds is 36. The first-order chi connectivity index (χ1) is 28.5. The molecule has 328 valence electrons. The first-order valence-corrected chi connectivity index (χ1v) is 23.8. The molecule has 0 fully saturated rings. The third-order valence-electron chi connectivity index (χ3n) is 10.8. The Morgan fingerprint density at radius 3 is 0.810 bits per heavy atom. The zero-order valence-corrected chi connectivity index (χ0v) is 37.6. The number of ether oxygens (including phenoxy) is 6. The van der Waals surface area contributed by atoms with E-state index < -0.39 is 0 Å². The quantitative estimate of drug-likeness (QED) is 0.0537. The van der Waals surface area contributed by atoms with Crippen molar-refractivity contribution >= 4 is 11.6 Å². The minimum atomic E-state index is -0.306. The minimum absolute atomic E-state index is 0.228. The van der Waals surface area contributed by atoms with Gasteiger partial charge in [-0.05, 0) is 50.7 Å². The highest BCUT2D eigenvalue weighted by molar-refractivity contribution is 6.31. The van der Waals surface area contributed by atoms with Gasteiger partial charge in [-0.25, -0.2) is 0 Å². The molecule has 0 saturated carbocycles. The van der Waals surface area contributed by atoms with Gasteiger partial charge in [0.15, 0.2) is 34.6 Å². The summed E-state index contributed by atoms with van der Waals surface area (Å²) < 4.78 is 39.2. The Balaban J connectivity index is 2.23. The number of hydrogen-bond acceptors (Lipinski definition) is 8. The van der Waals surface area contributed by atoms with Crippen molar-refractivity contribution in [1.82, 2.24) is 0 Å². The molecule has 1 aliphatic rings. The summed E-state index contributed by atoms with van der Waals surface area (Å²) >= 11 is 0. The van der Waals surface area contributed by atoms with Crippen LogP contribution in [0.2, 0.25) is 0 Å². The van der Waals surface area contributed by atoms with Crippen molar-refractivity contribution in [3.63, 3.8) is 0 Å². The van der Waals surface area contributed by atoms with Gasteiger partial charge in [0.05, 0.1) is 50.8 Å². The molecule has 0 saturated heterocycles. The van der Waals surface area contributed by atoms with Crippen LogP contribution in [-0.4, -0.2) is 51.2 Å². The zero-order chi connectivity index (χ0) is 41.8. The predicted octanol–water partition coefficient (Wildman–Crippen LogP) is 14.2. The molecule has 0 radical (unpaired) electrons. The van der Waals surface area contributed by atoms with E-state index >= 15 is 9.59 Å².